The largest absolute Gasteiger partial charge is 0.392 e. The molecule has 0 unspecified atom stereocenters. The molecule has 1 aliphatic rings. The number of rotatable bonds is 3. The fraction of sp³-hybridized carbons (Fsp3) is 0.545. The molecule has 0 amide bonds. The van der Waals surface area contributed by atoms with Gasteiger partial charge in [0, 0.05) is 19.3 Å². The van der Waals surface area contributed by atoms with Gasteiger partial charge in [-0.2, -0.15) is 0 Å². The maximum Gasteiger partial charge on any atom is 0.131 e. The van der Waals surface area contributed by atoms with Crippen LogP contribution in [0.4, 0.5) is 5.82 Å². The van der Waals surface area contributed by atoms with Gasteiger partial charge in [-0.05, 0) is 37.0 Å². The van der Waals surface area contributed by atoms with Gasteiger partial charge in [-0.25, -0.2) is 4.98 Å². The Balaban J connectivity index is 2.24. The summed E-state index contributed by atoms with van der Waals surface area (Å²) in [5.74, 6) is 1.05. The molecule has 0 aliphatic heterocycles. The molecule has 1 aromatic rings. The molecule has 0 atom stereocenters. The first kappa shape index (κ1) is 9.46. The third-order valence-electron chi connectivity index (χ3n) is 2.72. The van der Waals surface area contributed by atoms with Crippen LogP contribution in [0.2, 0.25) is 0 Å². The molecule has 0 aromatic carbocycles. The van der Waals surface area contributed by atoms with Gasteiger partial charge in [0.05, 0.1) is 6.61 Å². The Morgan fingerprint density at radius 1 is 1.57 bits per heavy atom. The number of hydrogen-bond acceptors (Lipinski definition) is 3. The smallest absolute Gasteiger partial charge is 0.131 e. The van der Waals surface area contributed by atoms with Crippen LogP contribution in [0.1, 0.15) is 24.0 Å². The molecular weight excluding hydrogens is 176 g/mol. The number of aliphatic hydroxyl groups is 1. The van der Waals surface area contributed by atoms with E-state index < -0.39 is 0 Å². The van der Waals surface area contributed by atoms with Crippen LogP contribution >= 0.6 is 0 Å². The van der Waals surface area contributed by atoms with Crippen molar-refractivity contribution in [2.24, 2.45) is 0 Å². The van der Waals surface area contributed by atoms with Gasteiger partial charge in [0.15, 0.2) is 0 Å². The molecule has 2 rings (SSSR count). The van der Waals surface area contributed by atoms with Gasteiger partial charge in [-0.15, -0.1) is 0 Å². The van der Waals surface area contributed by atoms with Crippen LogP contribution in [-0.2, 0) is 6.61 Å². The SMILES string of the molecule is Cc1cc(CO)cnc1N(C)C1CC1. The fourth-order valence-electron chi connectivity index (χ4n) is 1.72. The summed E-state index contributed by atoms with van der Waals surface area (Å²) < 4.78 is 0. The minimum absolute atomic E-state index is 0.0707. The summed E-state index contributed by atoms with van der Waals surface area (Å²) in [6, 6.07) is 2.68. The zero-order valence-electron chi connectivity index (χ0n) is 8.70. The van der Waals surface area contributed by atoms with E-state index in [0.717, 1.165) is 16.9 Å². The molecule has 1 heterocycles. The number of aryl methyl sites for hydroxylation is 1. The first-order valence-corrected chi connectivity index (χ1v) is 5.01. The van der Waals surface area contributed by atoms with E-state index in [0.29, 0.717) is 6.04 Å². The van der Waals surface area contributed by atoms with E-state index in [1.165, 1.54) is 12.8 Å². The van der Waals surface area contributed by atoms with Crippen LogP contribution in [0.3, 0.4) is 0 Å². The van der Waals surface area contributed by atoms with Crippen molar-refractivity contribution in [1.82, 2.24) is 4.98 Å². The topological polar surface area (TPSA) is 36.4 Å². The molecule has 1 fully saturated rings. The summed E-state index contributed by atoms with van der Waals surface area (Å²) in [4.78, 5) is 6.61. The van der Waals surface area contributed by atoms with E-state index in [4.69, 9.17) is 5.11 Å². The molecule has 1 aliphatic carbocycles. The van der Waals surface area contributed by atoms with Crippen molar-refractivity contribution in [1.29, 1.82) is 0 Å². The van der Waals surface area contributed by atoms with Crippen molar-refractivity contribution in [3.8, 4) is 0 Å². The molecule has 3 nitrogen and oxygen atoms in total. The highest BCUT2D eigenvalue weighted by molar-refractivity contribution is 5.48. The molecule has 0 saturated heterocycles. The number of nitrogens with zero attached hydrogens (tertiary/aromatic N) is 2. The minimum atomic E-state index is 0.0707. The van der Waals surface area contributed by atoms with Crippen LogP contribution in [-0.4, -0.2) is 23.2 Å². The molecule has 0 radical (unpaired) electrons. The van der Waals surface area contributed by atoms with Gasteiger partial charge in [0.1, 0.15) is 5.82 Å². The van der Waals surface area contributed by atoms with E-state index in [-0.39, 0.29) is 6.61 Å². The Bertz CT molecular complexity index is 334. The zero-order valence-corrected chi connectivity index (χ0v) is 8.70. The number of pyridine rings is 1. The van der Waals surface area contributed by atoms with E-state index in [2.05, 4.69) is 16.9 Å². The lowest BCUT2D eigenvalue weighted by atomic mass is 10.2. The highest BCUT2D eigenvalue weighted by Crippen LogP contribution is 2.30. The second-order valence-corrected chi connectivity index (χ2v) is 3.98. The second kappa shape index (κ2) is 3.58. The Morgan fingerprint density at radius 3 is 2.79 bits per heavy atom. The highest BCUT2D eigenvalue weighted by Gasteiger charge is 2.27. The van der Waals surface area contributed by atoms with Gasteiger partial charge in [-0.3, -0.25) is 0 Å². The third kappa shape index (κ3) is 1.73. The maximum absolute atomic E-state index is 8.96. The summed E-state index contributed by atoms with van der Waals surface area (Å²) in [5.41, 5.74) is 2.03. The molecule has 1 aromatic heterocycles. The number of aromatic nitrogens is 1. The predicted octanol–water partition coefficient (Wildman–Crippen LogP) is 1.48. The van der Waals surface area contributed by atoms with Crippen LogP contribution in [0, 0.1) is 6.92 Å². The quantitative estimate of drug-likeness (QED) is 0.788. The molecule has 14 heavy (non-hydrogen) atoms. The van der Waals surface area contributed by atoms with Gasteiger partial charge in [-0.1, -0.05) is 0 Å². The molecule has 0 bridgehead atoms. The van der Waals surface area contributed by atoms with Crippen molar-refractivity contribution < 1.29 is 5.11 Å². The number of anilines is 1. The van der Waals surface area contributed by atoms with Crippen LogP contribution in [0.25, 0.3) is 0 Å². The van der Waals surface area contributed by atoms with Crippen LogP contribution in [0.5, 0.6) is 0 Å². The molecule has 1 N–H and O–H groups in total. The Labute approximate surface area is 84.4 Å². The van der Waals surface area contributed by atoms with E-state index >= 15 is 0 Å². The van der Waals surface area contributed by atoms with Crippen molar-refractivity contribution in [2.75, 3.05) is 11.9 Å². The van der Waals surface area contributed by atoms with Gasteiger partial charge in [0.2, 0.25) is 0 Å². The lowest BCUT2D eigenvalue weighted by Crippen LogP contribution is -2.21. The first-order valence-electron chi connectivity index (χ1n) is 5.01. The molecule has 1 saturated carbocycles. The second-order valence-electron chi connectivity index (χ2n) is 3.98. The summed E-state index contributed by atoms with van der Waals surface area (Å²) in [7, 11) is 2.09. The number of aliphatic hydroxyl groups excluding tert-OH is 1. The molecule has 76 valence electrons. The minimum Gasteiger partial charge on any atom is -0.392 e. The lowest BCUT2D eigenvalue weighted by molar-refractivity contribution is 0.281. The van der Waals surface area contributed by atoms with Crippen molar-refractivity contribution in [3.05, 3.63) is 23.4 Å². The van der Waals surface area contributed by atoms with Crippen LogP contribution in [0.15, 0.2) is 12.3 Å². The fourth-order valence-corrected chi connectivity index (χ4v) is 1.72. The molecule has 3 heteroatoms. The summed E-state index contributed by atoms with van der Waals surface area (Å²) in [5, 5.41) is 8.96. The lowest BCUT2D eigenvalue weighted by Gasteiger charge is -2.19. The maximum atomic E-state index is 8.96. The van der Waals surface area contributed by atoms with Gasteiger partial charge >= 0.3 is 0 Å². The summed E-state index contributed by atoms with van der Waals surface area (Å²) >= 11 is 0. The van der Waals surface area contributed by atoms with Gasteiger partial charge in [0.25, 0.3) is 0 Å². The zero-order chi connectivity index (χ0) is 10.1. The van der Waals surface area contributed by atoms with E-state index in [1.807, 2.05) is 13.0 Å². The predicted molar refractivity (Wildman–Crippen MR) is 56.3 cm³/mol. The van der Waals surface area contributed by atoms with Crippen molar-refractivity contribution in [3.63, 3.8) is 0 Å². The Hall–Kier alpha value is -1.09. The average Bonchev–Trinajstić information content (AvgIpc) is 3.00. The Kier molecular flexibility index (Phi) is 2.42. The third-order valence-corrected chi connectivity index (χ3v) is 2.72. The van der Waals surface area contributed by atoms with E-state index in [1.54, 1.807) is 6.20 Å². The van der Waals surface area contributed by atoms with Crippen molar-refractivity contribution >= 4 is 5.82 Å². The standard InChI is InChI=1S/C11H16N2O/c1-8-5-9(7-14)6-12-11(8)13(2)10-3-4-10/h5-6,10,14H,3-4,7H2,1-2H3. The normalized spacial score (nSPS) is 15.6. The van der Waals surface area contributed by atoms with Gasteiger partial charge < -0.3 is 10.0 Å². The summed E-state index contributed by atoms with van der Waals surface area (Å²) in [6.07, 6.45) is 4.31. The molecule has 0 spiro atoms. The van der Waals surface area contributed by atoms with E-state index in [9.17, 15) is 0 Å². The van der Waals surface area contributed by atoms with Crippen molar-refractivity contribution in [2.45, 2.75) is 32.4 Å². The summed E-state index contributed by atoms with van der Waals surface area (Å²) in [6.45, 7) is 2.11. The highest BCUT2D eigenvalue weighted by atomic mass is 16.3. The monoisotopic (exact) mass is 192 g/mol. The molecular formula is C11H16N2O. The number of hydrogen-bond donors (Lipinski definition) is 1. The van der Waals surface area contributed by atoms with Crippen LogP contribution < -0.4 is 4.90 Å². The first-order chi connectivity index (χ1) is 6.72. The average molecular weight is 192 g/mol. The Morgan fingerprint density at radius 2 is 2.29 bits per heavy atom.